The van der Waals surface area contributed by atoms with Gasteiger partial charge in [-0.1, -0.05) is 6.92 Å². The first kappa shape index (κ1) is 26.9. The molecule has 2 aliphatic rings. The van der Waals surface area contributed by atoms with E-state index in [1.54, 1.807) is 19.1 Å². The van der Waals surface area contributed by atoms with Crippen LogP contribution in [-0.4, -0.2) is 45.0 Å². The lowest BCUT2D eigenvalue weighted by Gasteiger charge is -2.32. The number of fused-ring (bicyclic) bond motifs is 5. The number of halogens is 2. The lowest BCUT2D eigenvalue weighted by atomic mass is 9.85. The molecule has 1 unspecified atom stereocenters. The third-order valence-electron chi connectivity index (χ3n) is 7.08. The third kappa shape index (κ3) is 4.78. The van der Waals surface area contributed by atoms with Gasteiger partial charge in [0.25, 0.3) is 5.56 Å². The Morgan fingerprint density at radius 2 is 1.90 bits per heavy atom. The molecule has 1 amide bonds. The van der Waals surface area contributed by atoms with Gasteiger partial charge in [-0.15, -0.1) is 0 Å². The average molecular weight is 555 g/mol. The highest BCUT2D eigenvalue weighted by molar-refractivity contribution is 5.86. The number of benzene rings is 1. The van der Waals surface area contributed by atoms with Crippen LogP contribution in [0.4, 0.5) is 8.78 Å². The lowest BCUT2D eigenvalue weighted by molar-refractivity contribution is -0.167. The minimum Gasteiger partial charge on any atom is -0.481 e. The number of ether oxygens (including phenoxy) is 2. The summed E-state index contributed by atoms with van der Waals surface area (Å²) in [5.41, 5.74) is -0.304. The highest BCUT2D eigenvalue weighted by Gasteiger charge is 2.44. The van der Waals surface area contributed by atoms with Gasteiger partial charge in [-0.2, -0.15) is 0 Å². The van der Waals surface area contributed by atoms with Crippen LogP contribution in [-0.2, 0) is 47.4 Å². The number of carbonyl (C=O) groups is 4. The number of pyridine rings is 2. The van der Waals surface area contributed by atoms with E-state index in [9.17, 15) is 32.8 Å². The Morgan fingerprint density at radius 1 is 1.15 bits per heavy atom. The van der Waals surface area contributed by atoms with Crippen molar-refractivity contribution in [1.29, 1.82) is 0 Å². The SMILES string of the molecule is CCC1(OC(=O)CNC(=O)CCC(=O)O)CC(=O)OCc2c1cc1n(c2=O)Cc2cc3cc(F)c(F)cc3nc2-1. The number of carboxylic acids is 1. The van der Waals surface area contributed by atoms with Crippen molar-refractivity contribution in [1.82, 2.24) is 14.9 Å². The zero-order chi connectivity index (χ0) is 28.8. The summed E-state index contributed by atoms with van der Waals surface area (Å²) in [6.07, 6.45) is -1.09. The largest absolute Gasteiger partial charge is 0.481 e. The maximum atomic E-state index is 13.9. The van der Waals surface area contributed by atoms with E-state index in [2.05, 4.69) is 10.3 Å². The van der Waals surface area contributed by atoms with Gasteiger partial charge in [0, 0.05) is 29.0 Å². The maximum absolute atomic E-state index is 13.9. The molecule has 40 heavy (non-hydrogen) atoms. The van der Waals surface area contributed by atoms with Gasteiger partial charge >= 0.3 is 17.9 Å². The van der Waals surface area contributed by atoms with Crippen molar-refractivity contribution in [3.8, 4) is 11.4 Å². The summed E-state index contributed by atoms with van der Waals surface area (Å²) in [7, 11) is 0. The molecule has 13 heteroatoms. The Morgan fingerprint density at radius 3 is 2.62 bits per heavy atom. The minimum atomic E-state index is -1.62. The number of amides is 1. The van der Waals surface area contributed by atoms with E-state index in [1.807, 2.05) is 0 Å². The molecule has 11 nitrogen and oxygen atoms in total. The number of nitrogens with one attached hydrogen (secondary N) is 1. The van der Waals surface area contributed by atoms with E-state index in [-0.39, 0.29) is 42.6 Å². The topological polar surface area (TPSA) is 154 Å². The quantitative estimate of drug-likeness (QED) is 0.327. The summed E-state index contributed by atoms with van der Waals surface area (Å²) in [5.74, 6) is -5.55. The van der Waals surface area contributed by atoms with Gasteiger partial charge in [0.1, 0.15) is 18.8 Å². The van der Waals surface area contributed by atoms with Gasteiger partial charge in [-0.05, 0) is 24.6 Å². The van der Waals surface area contributed by atoms with Crippen LogP contribution in [0.25, 0.3) is 22.3 Å². The number of rotatable bonds is 7. The van der Waals surface area contributed by atoms with Gasteiger partial charge < -0.3 is 24.5 Å². The molecule has 3 aromatic rings. The predicted molar refractivity (Wildman–Crippen MR) is 133 cm³/mol. The average Bonchev–Trinajstić information content (AvgIpc) is 3.19. The van der Waals surface area contributed by atoms with Crippen molar-refractivity contribution in [2.75, 3.05) is 6.54 Å². The van der Waals surface area contributed by atoms with Crippen LogP contribution in [0.2, 0.25) is 0 Å². The number of aliphatic carboxylic acids is 1. The molecule has 2 aliphatic heterocycles. The van der Waals surface area contributed by atoms with Crippen LogP contribution in [0, 0.1) is 11.6 Å². The Hall–Kier alpha value is -4.68. The Balaban J connectivity index is 1.54. The van der Waals surface area contributed by atoms with E-state index >= 15 is 0 Å². The monoisotopic (exact) mass is 555 g/mol. The summed E-state index contributed by atoms with van der Waals surface area (Å²) in [6, 6.07) is 5.20. The fraction of sp³-hybridized carbons (Fsp3) is 0.333. The summed E-state index contributed by atoms with van der Waals surface area (Å²) >= 11 is 0. The highest BCUT2D eigenvalue weighted by Crippen LogP contribution is 2.41. The molecule has 0 fully saturated rings. The zero-order valence-electron chi connectivity index (χ0n) is 21.2. The van der Waals surface area contributed by atoms with Crippen LogP contribution in [0.5, 0.6) is 0 Å². The second-order valence-electron chi connectivity index (χ2n) is 9.60. The standard InChI is InChI=1S/C27H23F2N3O8/c1-2-27(40-24(37)10-30-21(33)3-4-22(34)35)9-23(36)39-12-15-16(27)7-20-25-14(11-32(20)26(15)38)5-13-6-17(28)18(29)8-19(13)31-25/h5-8H,2-4,9-12H2,1H3,(H,30,33)(H,34,35). The number of carboxylic acid groups (broad SMARTS) is 1. The number of hydrogen-bond acceptors (Lipinski definition) is 8. The van der Waals surface area contributed by atoms with E-state index in [1.165, 1.54) is 4.57 Å². The van der Waals surface area contributed by atoms with Crippen molar-refractivity contribution < 1.29 is 42.5 Å². The molecule has 208 valence electrons. The van der Waals surface area contributed by atoms with Crippen LogP contribution in [0.15, 0.2) is 29.1 Å². The Labute approximate surface area is 224 Å². The highest BCUT2D eigenvalue weighted by atomic mass is 19.2. The van der Waals surface area contributed by atoms with Crippen molar-refractivity contribution in [3.63, 3.8) is 0 Å². The summed E-state index contributed by atoms with van der Waals surface area (Å²) in [6.45, 7) is 0.796. The number of carbonyl (C=O) groups excluding carboxylic acids is 3. The van der Waals surface area contributed by atoms with Gasteiger partial charge in [0.2, 0.25) is 5.91 Å². The number of aromatic nitrogens is 2. The van der Waals surface area contributed by atoms with Crippen LogP contribution in [0.3, 0.4) is 0 Å². The predicted octanol–water partition coefficient (Wildman–Crippen LogP) is 2.28. The van der Waals surface area contributed by atoms with E-state index in [0.29, 0.717) is 22.3 Å². The van der Waals surface area contributed by atoms with Crippen LogP contribution < -0.4 is 10.9 Å². The maximum Gasteiger partial charge on any atom is 0.326 e. The fourth-order valence-electron chi connectivity index (χ4n) is 5.06. The van der Waals surface area contributed by atoms with E-state index in [4.69, 9.17) is 14.6 Å². The molecule has 2 aromatic heterocycles. The zero-order valence-corrected chi connectivity index (χ0v) is 21.2. The van der Waals surface area contributed by atoms with Gasteiger partial charge in [-0.3, -0.25) is 24.0 Å². The van der Waals surface area contributed by atoms with Crippen molar-refractivity contribution >= 4 is 34.7 Å². The normalized spacial score (nSPS) is 17.3. The molecule has 5 rings (SSSR count). The molecular formula is C27H23F2N3O8. The molecule has 0 saturated carbocycles. The Kier molecular flexibility index (Phi) is 6.82. The first-order valence-electron chi connectivity index (χ1n) is 12.4. The molecule has 0 bridgehead atoms. The van der Waals surface area contributed by atoms with Crippen molar-refractivity contribution in [3.05, 3.63) is 62.9 Å². The first-order valence-corrected chi connectivity index (χ1v) is 12.4. The molecule has 0 spiro atoms. The summed E-state index contributed by atoms with van der Waals surface area (Å²) in [5, 5.41) is 11.4. The van der Waals surface area contributed by atoms with Gasteiger partial charge in [0.15, 0.2) is 11.6 Å². The molecular weight excluding hydrogens is 532 g/mol. The van der Waals surface area contributed by atoms with Gasteiger partial charge in [-0.25, -0.2) is 13.8 Å². The second-order valence-corrected chi connectivity index (χ2v) is 9.60. The summed E-state index contributed by atoms with van der Waals surface area (Å²) in [4.78, 5) is 66.0. The molecule has 0 radical (unpaired) electrons. The number of nitrogens with zero attached hydrogens (tertiary/aromatic N) is 2. The van der Waals surface area contributed by atoms with E-state index in [0.717, 1.165) is 12.1 Å². The third-order valence-corrected chi connectivity index (χ3v) is 7.08. The fourth-order valence-corrected chi connectivity index (χ4v) is 5.06. The van der Waals surface area contributed by atoms with Crippen LogP contribution in [0.1, 0.15) is 49.3 Å². The molecule has 0 aliphatic carbocycles. The number of cyclic esters (lactones) is 1. The van der Waals surface area contributed by atoms with E-state index < -0.39 is 66.0 Å². The molecule has 0 saturated heterocycles. The summed E-state index contributed by atoms with van der Waals surface area (Å²) < 4.78 is 40.1. The lowest BCUT2D eigenvalue weighted by Crippen LogP contribution is -2.40. The smallest absolute Gasteiger partial charge is 0.326 e. The van der Waals surface area contributed by atoms with Crippen molar-refractivity contribution in [2.45, 2.75) is 51.4 Å². The molecule has 2 N–H and O–H groups in total. The minimum absolute atomic E-state index is 0.0686. The van der Waals surface area contributed by atoms with Crippen molar-refractivity contribution in [2.24, 2.45) is 0 Å². The number of esters is 2. The molecule has 1 atom stereocenters. The van der Waals surface area contributed by atoms with Gasteiger partial charge in [0.05, 0.1) is 41.9 Å². The first-order chi connectivity index (χ1) is 19.0. The second kappa shape index (κ2) is 10.1. The molecule has 4 heterocycles. The Bertz CT molecular complexity index is 1670. The molecule has 1 aromatic carbocycles. The number of hydrogen-bond donors (Lipinski definition) is 2. The van der Waals surface area contributed by atoms with Crippen LogP contribution >= 0.6 is 0 Å².